The van der Waals surface area contributed by atoms with Gasteiger partial charge >= 0.3 is 0 Å². The fourth-order valence-corrected chi connectivity index (χ4v) is 2.96. The maximum atomic E-state index is 8.80. The third-order valence-electron chi connectivity index (χ3n) is 1.67. The number of thiophene rings is 1. The average molecular weight is 253 g/mol. The van der Waals surface area contributed by atoms with Crippen molar-refractivity contribution in [2.75, 3.05) is 0 Å². The second kappa shape index (κ2) is 4.67. The van der Waals surface area contributed by atoms with Gasteiger partial charge in [0.1, 0.15) is 11.1 Å². The summed E-state index contributed by atoms with van der Waals surface area (Å²) in [6.45, 7) is 0. The SMILES string of the molecule is N#Cc1ccnc(Sc2cccs2)c1Cl. The van der Waals surface area contributed by atoms with E-state index in [2.05, 4.69) is 4.98 Å². The molecule has 5 heteroatoms. The minimum atomic E-state index is 0.429. The molecule has 2 aromatic rings. The maximum absolute atomic E-state index is 8.80. The van der Waals surface area contributed by atoms with Crippen LogP contribution in [0.5, 0.6) is 0 Å². The molecule has 0 saturated heterocycles. The van der Waals surface area contributed by atoms with Crippen LogP contribution in [-0.4, -0.2) is 4.98 Å². The highest BCUT2D eigenvalue weighted by molar-refractivity contribution is 8.01. The Bertz CT molecular complexity index is 503. The zero-order chi connectivity index (χ0) is 10.7. The molecule has 0 radical (unpaired) electrons. The smallest absolute Gasteiger partial charge is 0.121 e. The molecular formula is C10H5ClN2S2. The summed E-state index contributed by atoms with van der Waals surface area (Å²) in [5.41, 5.74) is 0.464. The molecule has 0 fully saturated rings. The number of aromatic nitrogens is 1. The van der Waals surface area contributed by atoms with Gasteiger partial charge in [-0.25, -0.2) is 4.98 Å². The lowest BCUT2D eigenvalue weighted by molar-refractivity contribution is 1.13. The minimum absolute atomic E-state index is 0.429. The van der Waals surface area contributed by atoms with E-state index in [1.807, 2.05) is 23.6 Å². The summed E-state index contributed by atoms with van der Waals surface area (Å²) < 4.78 is 1.11. The van der Waals surface area contributed by atoms with Gasteiger partial charge in [-0.15, -0.1) is 11.3 Å². The summed E-state index contributed by atoms with van der Waals surface area (Å²) in [7, 11) is 0. The van der Waals surface area contributed by atoms with Crippen molar-refractivity contribution < 1.29 is 0 Å². The topological polar surface area (TPSA) is 36.7 Å². The molecule has 0 spiro atoms. The molecule has 0 aliphatic carbocycles. The molecular weight excluding hydrogens is 248 g/mol. The van der Waals surface area contributed by atoms with Crippen LogP contribution in [0.1, 0.15) is 5.56 Å². The Labute approximate surface area is 101 Å². The van der Waals surface area contributed by atoms with Gasteiger partial charge in [0.15, 0.2) is 0 Å². The first-order chi connectivity index (χ1) is 7.31. The summed E-state index contributed by atoms with van der Waals surface area (Å²) in [4.78, 5) is 4.15. The van der Waals surface area contributed by atoms with Crippen molar-refractivity contribution in [3.8, 4) is 6.07 Å². The van der Waals surface area contributed by atoms with E-state index in [1.54, 1.807) is 23.6 Å². The third-order valence-corrected chi connectivity index (χ3v) is 4.21. The Morgan fingerprint density at radius 2 is 2.33 bits per heavy atom. The summed E-state index contributed by atoms with van der Waals surface area (Å²) in [6.07, 6.45) is 1.60. The highest BCUT2D eigenvalue weighted by Gasteiger charge is 2.08. The van der Waals surface area contributed by atoms with Gasteiger partial charge < -0.3 is 0 Å². The molecule has 2 heterocycles. The van der Waals surface area contributed by atoms with E-state index >= 15 is 0 Å². The lowest BCUT2D eigenvalue weighted by Crippen LogP contribution is -1.84. The van der Waals surface area contributed by atoms with Crippen LogP contribution in [0.4, 0.5) is 0 Å². The molecule has 0 aromatic carbocycles. The maximum Gasteiger partial charge on any atom is 0.121 e. The number of nitriles is 1. The monoisotopic (exact) mass is 252 g/mol. The predicted octanol–water partition coefficient (Wildman–Crippen LogP) is 3.82. The van der Waals surface area contributed by atoms with Crippen molar-refractivity contribution in [2.45, 2.75) is 9.24 Å². The van der Waals surface area contributed by atoms with Crippen LogP contribution < -0.4 is 0 Å². The first-order valence-corrected chi connectivity index (χ1v) is 6.14. The quantitative estimate of drug-likeness (QED) is 0.815. The zero-order valence-electron chi connectivity index (χ0n) is 7.48. The van der Waals surface area contributed by atoms with Crippen LogP contribution in [-0.2, 0) is 0 Å². The zero-order valence-corrected chi connectivity index (χ0v) is 9.86. The average Bonchev–Trinajstić information content (AvgIpc) is 2.74. The van der Waals surface area contributed by atoms with Crippen LogP contribution in [0.3, 0.4) is 0 Å². The Kier molecular flexibility index (Phi) is 3.27. The molecule has 0 N–H and O–H groups in total. The molecule has 74 valence electrons. The van der Waals surface area contributed by atoms with Gasteiger partial charge in [-0.3, -0.25) is 0 Å². The Balaban J connectivity index is 2.34. The first-order valence-electron chi connectivity index (χ1n) is 4.07. The predicted molar refractivity (Wildman–Crippen MR) is 62.4 cm³/mol. The minimum Gasteiger partial charge on any atom is -0.248 e. The molecule has 0 unspecified atom stereocenters. The van der Waals surface area contributed by atoms with Crippen LogP contribution in [0.2, 0.25) is 5.02 Å². The van der Waals surface area contributed by atoms with Gasteiger partial charge in [-0.05, 0) is 17.5 Å². The highest BCUT2D eigenvalue weighted by Crippen LogP contribution is 2.35. The van der Waals surface area contributed by atoms with E-state index in [0.717, 1.165) is 4.21 Å². The van der Waals surface area contributed by atoms with E-state index < -0.39 is 0 Å². The normalized spacial score (nSPS) is 9.87. The van der Waals surface area contributed by atoms with E-state index in [4.69, 9.17) is 16.9 Å². The van der Waals surface area contributed by atoms with Gasteiger partial charge in [-0.1, -0.05) is 29.4 Å². The fraction of sp³-hybridized carbons (Fsp3) is 0. The molecule has 0 aliphatic heterocycles. The first kappa shape index (κ1) is 10.5. The number of rotatable bonds is 2. The standard InChI is InChI=1S/C10H5ClN2S2/c11-9-7(6-12)3-4-13-10(9)15-8-2-1-5-14-8/h1-5H. The fourth-order valence-electron chi connectivity index (χ4n) is 0.999. The number of hydrogen-bond acceptors (Lipinski definition) is 4. The summed E-state index contributed by atoms with van der Waals surface area (Å²) in [5.74, 6) is 0. The lowest BCUT2D eigenvalue weighted by atomic mass is 10.3. The third kappa shape index (κ3) is 2.32. The second-order valence-corrected chi connectivity index (χ2v) is 5.24. The van der Waals surface area contributed by atoms with Crippen molar-refractivity contribution in [3.63, 3.8) is 0 Å². The van der Waals surface area contributed by atoms with Crippen LogP contribution >= 0.6 is 34.7 Å². The molecule has 15 heavy (non-hydrogen) atoms. The van der Waals surface area contributed by atoms with Gasteiger partial charge in [-0.2, -0.15) is 5.26 Å². The van der Waals surface area contributed by atoms with Crippen molar-refractivity contribution in [1.29, 1.82) is 5.26 Å². The summed E-state index contributed by atoms with van der Waals surface area (Å²) >= 11 is 9.12. The Morgan fingerprint density at radius 3 is 3.00 bits per heavy atom. The number of halogens is 1. The molecule has 2 aromatic heterocycles. The van der Waals surface area contributed by atoms with Crippen molar-refractivity contribution >= 4 is 34.7 Å². The Morgan fingerprint density at radius 1 is 1.47 bits per heavy atom. The largest absolute Gasteiger partial charge is 0.248 e. The van der Waals surface area contributed by atoms with Crippen LogP contribution in [0.25, 0.3) is 0 Å². The highest BCUT2D eigenvalue weighted by atomic mass is 35.5. The van der Waals surface area contributed by atoms with Gasteiger partial charge in [0, 0.05) is 6.20 Å². The molecule has 0 saturated carbocycles. The Hall–Kier alpha value is -1.02. The second-order valence-electron chi connectivity index (χ2n) is 2.62. The van der Waals surface area contributed by atoms with Crippen molar-refractivity contribution in [3.05, 3.63) is 40.4 Å². The molecule has 0 aliphatic rings. The molecule has 2 nitrogen and oxygen atoms in total. The number of pyridine rings is 1. The van der Waals surface area contributed by atoms with Crippen molar-refractivity contribution in [1.82, 2.24) is 4.98 Å². The van der Waals surface area contributed by atoms with E-state index in [9.17, 15) is 0 Å². The molecule has 2 rings (SSSR count). The van der Waals surface area contributed by atoms with E-state index in [-0.39, 0.29) is 0 Å². The lowest BCUT2D eigenvalue weighted by Gasteiger charge is -2.01. The van der Waals surface area contributed by atoms with E-state index in [1.165, 1.54) is 11.8 Å². The number of nitrogens with zero attached hydrogens (tertiary/aromatic N) is 2. The van der Waals surface area contributed by atoms with Crippen molar-refractivity contribution in [2.24, 2.45) is 0 Å². The molecule has 0 amide bonds. The van der Waals surface area contributed by atoms with E-state index in [0.29, 0.717) is 15.6 Å². The van der Waals surface area contributed by atoms with Crippen LogP contribution in [0.15, 0.2) is 39.0 Å². The molecule has 0 bridgehead atoms. The van der Waals surface area contributed by atoms with Gasteiger partial charge in [0.25, 0.3) is 0 Å². The van der Waals surface area contributed by atoms with Gasteiger partial charge in [0.05, 0.1) is 14.8 Å². The number of hydrogen-bond donors (Lipinski definition) is 0. The van der Waals surface area contributed by atoms with Gasteiger partial charge in [0.2, 0.25) is 0 Å². The summed E-state index contributed by atoms with van der Waals surface area (Å²) in [6, 6.07) is 7.61. The van der Waals surface area contributed by atoms with Crippen LogP contribution in [0, 0.1) is 11.3 Å². The molecule has 0 atom stereocenters. The summed E-state index contributed by atoms with van der Waals surface area (Å²) in [5, 5.41) is 11.9.